The van der Waals surface area contributed by atoms with Crippen LogP contribution in [0.3, 0.4) is 0 Å². The molecule has 0 saturated heterocycles. The summed E-state index contributed by atoms with van der Waals surface area (Å²) >= 11 is 0. The Labute approximate surface area is 334 Å². The molecule has 4 heteroatoms. The van der Waals surface area contributed by atoms with Crippen molar-refractivity contribution in [2.75, 3.05) is 21.3 Å². The molecule has 0 atom stereocenters. The molecule has 0 unspecified atom stereocenters. The van der Waals surface area contributed by atoms with Crippen LogP contribution >= 0.6 is 0 Å². The van der Waals surface area contributed by atoms with E-state index < -0.39 is 0 Å². The minimum Gasteiger partial charge on any atom is -0.380 e. The Balaban J connectivity index is 1.16. The molecule has 0 saturated carbocycles. The molecule has 0 aliphatic heterocycles. The summed E-state index contributed by atoms with van der Waals surface area (Å²) in [6.07, 6.45) is 0. The van der Waals surface area contributed by atoms with Gasteiger partial charge in [0.15, 0.2) is 0 Å². The summed E-state index contributed by atoms with van der Waals surface area (Å²) in [5.74, 6) is 1.68. The highest BCUT2D eigenvalue weighted by Crippen LogP contribution is 2.38. The summed E-state index contributed by atoms with van der Waals surface area (Å²) in [6.45, 7) is 19.6. The van der Waals surface area contributed by atoms with Gasteiger partial charge in [-0.2, -0.15) is 0 Å². The Hall–Kier alpha value is -5.74. The van der Waals surface area contributed by atoms with Crippen LogP contribution in [-0.4, -0.2) is 0 Å². The molecule has 0 aliphatic carbocycles. The molecule has 286 valence electrons. The Morgan fingerprint density at radius 3 is 1.07 bits per heavy atom. The van der Waals surface area contributed by atoms with E-state index in [2.05, 4.69) is 210 Å². The van der Waals surface area contributed by atoms with Crippen LogP contribution in [0.25, 0.3) is 21.5 Å². The lowest BCUT2D eigenvalue weighted by Gasteiger charge is -2.23. The van der Waals surface area contributed by atoms with E-state index in [1.54, 1.807) is 0 Å². The van der Waals surface area contributed by atoms with Gasteiger partial charge in [0.25, 0.3) is 0 Å². The molecule has 4 nitrogen and oxygen atoms in total. The van der Waals surface area contributed by atoms with Crippen molar-refractivity contribution in [1.82, 2.24) is 0 Å². The number of para-hydroxylation sites is 4. The van der Waals surface area contributed by atoms with Crippen LogP contribution < -0.4 is 21.3 Å². The molecular formula is C52H58N4. The SMILES string of the molecule is CC(C)c1cccc(C(C)C)c1Nc1ccccc1CNc1cccc2cc3cccc(NCc4ccccc4Nc4c(C(C)C)cccc4C(C)C)c3cc12. The molecule has 0 heterocycles. The third-order valence-electron chi connectivity index (χ3n) is 11.1. The van der Waals surface area contributed by atoms with E-state index in [0.29, 0.717) is 36.8 Å². The Morgan fingerprint density at radius 2 is 0.696 bits per heavy atom. The molecule has 0 spiro atoms. The molecule has 0 bridgehead atoms. The summed E-state index contributed by atoms with van der Waals surface area (Å²) in [6, 6.07) is 48.6. The maximum absolute atomic E-state index is 3.88. The monoisotopic (exact) mass is 738 g/mol. The minimum atomic E-state index is 0.419. The standard InChI is InChI=1S/C52H58N4/c1-33(2)41-21-15-22-42(34(3)4)51(41)55-47-25-11-9-17-39(47)31-53-49-27-13-19-37-29-38-20-14-28-50(46(38)30-45(37)49)54-32-40-18-10-12-26-48(40)56-52-43(35(5)6)23-16-24-44(52)36(7)8/h9-30,33-36,53-56H,31-32H2,1-8H3. The quantitative estimate of drug-likeness (QED) is 0.0839. The Bertz CT molecular complexity index is 2230. The second-order valence-electron chi connectivity index (χ2n) is 16.4. The van der Waals surface area contributed by atoms with E-state index >= 15 is 0 Å². The van der Waals surface area contributed by atoms with Gasteiger partial charge < -0.3 is 21.3 Å². The maximum Gasteiger partial charge on any atom is 0.0454 e. The third kappa shape index (κ3) is 8.26. The van der Waals surface area contributed by atoms with E-state index in [1.165, 1.54) is 66.3 Å². The molecule has 7 aromatic carbocycles. The maximum atomic E-state index is 3.88. The van der Waals surface area contributed by atoms with Crippen molar-refractivity contribution < 1.29 is 0 Å². The first kappa shape index (κ1) is 38.5. The van der Waals surface area contributed by atoms with Crippen molar-refractivity contribution in [3.05, 3.63) is 167 Å². The zero-order chi connectivity index (χ0) is 39.3. The first-order valence-electron chi connectivity index (χ1n) is 20.5. The number of fused-ring (bicyclic) bond motifs is 2. The number of benzene rings is 7. The van der Waals surface area contributed by atoms with Gasteiger partial charge in [-0.15, -0.1) is 0 Å². The van der Waals surface area contributed by atoms with Gasteiger partial charge in [-0.25, -0.2) is 0 Å². The molecule has 0 aromatic heterocycles. The number of hydrogen-bond acceptors (Lipinski definition) is 4. The molecule has 0 aliphatic rings. The van der Waals surface area contributed by atoms with E-state index in [4.69, 9.17) is 0 Å². The molecule has 0 fully saturated rings. The van der Waals surface area contributed by atoms with Gasteiger partial charge in [-0.3, -0.25) is 0 Å². The lowest BCUT2D eigenvalue weighted by atomic mass is 9.92. The highest BCUT2D eigenvalue weighted by Gasteiger charge is 2.17. The summed E-state index contributed by atoms with van der Waals surface area (Å²) in [4.78, 5) is 0. The lowest BCUT2D eigenvalue weighted by molar-refractivity contribution is 0.838. The van der Waals surface area contributed by atoms with Crippen LogP contribution in [0.2, 0.25) is 0 Å². The van der Waals surface area contributed by atoms with Gasteiger partial charge >= 0.3 is 0 Å². The smallest absolute Gasteiger partial charge is 0.0454 e. The van der Waals surface area contributed by atoms with Crippen molar-refractivity contribution >= 4 is 55.7 Å². The average Bonchev–Trinajstić information content (AvgIpc) is 3.19. The zero-order valence-electron chi connectivity index (χ0n) is 34.4. The number of hydrogen-bond donors (Lipinski definition) is 4. The second-order valence-corrected chi connectivity index (χ2v) is 16.4. The van der Waals surface area contributed by atoms with Crippen molar-refractivity contribution in [2.24, 2.45) is 0 Å². The van der Waals surface area contributed by atoms with E-state index in [9.17, 15) is 0 Å². The van der Waals surface area contributed by atoms with Gasteiger partial charge in [0.05, 0.1) is 0 Å². The highest BCUT2D eigenvalue weighted by molar-refractivity contribution is 6.07. The van der Waals surface area contributed by atoms with Gasteiger partial charge in [0.2, 0.25) is 0 Å². The van der Waals surface area contributed by atoms with E-state index in [-0.39, 0.29) is 0 Å². The third-order valence-corrected chi connectivity index (χ3v) is 11.1. The van der Waals surface area contributed by atoms with Crippen molar-refractivity contribution in [2.45, 2.75) is 92.2 Å². The largest absolute Gasteiger partial charge is 0.380 e. The minimum absolute atomic E-state index is 0.419. The predicted octanol–water partition coefficient (Wildman–Crippen LogP) is 15.2. The molecular weight excluding hydrogens is 681 g/mol. The summed E-state index contributed by atoms with van der Waals surface area (Å²) < 4.78 is 0. The topological polar surface area (TPSA) is 48.1 Å². The summed E-state index contributed by atoms with van der Waals surface area (Å²) in [5, 5.41) is 20.3. The number of nitrogens with one attached hydrogen (secondary N) is 4. The molecule has 0 amide bonds. The first-order valence-corrected chi connectivity index (χ1v) is 20.5. The normalized spacial score (nSPS) is 11.6. The fraction of sp³-hybridized carbons (Fsp3) is 0.269. The molecule has 4 N–H and O–H groups in total. The van der Waals surface area contributed by atoms with Gasteiger partial charge in [0, 0.05) is 58.0 Å². The van der Waals surface area contributed by atoms with Crippen molar-refractivity contribution in [1.29, 1.82) is 0 Å². The predicted molar refractivity (Wildman–Crippen MR) is 245 cm³/mol. The number of rotatable bonds is 14. The molecule has 0 radical (unpaired) electrons. The molecule has 7 rings (SSSR count). The van der Waals surface area contributed by atoms with E-state index in [0.717, 1.165) is 22.7 Å². The average molecular weight is 739 g/mol. The van der Waals surface area contributed by atoms with Gasteiger partial charge in [0.1, 0.15) is 0 Å². The lowest BCUT2D eigenvalue weighted by Crippen LogP contribution is -2.07. The van der Waals surface area contributed by atoms with Crippen LogP contribution in [0.1, 0.15) is 112 Å². The van der Waals surface area contributed by atoms with Crippen LogP contribution in [0.4, 0.5) is 34.1 Å². The van der Waals surface area contributed by atoms with Crippen molar-refractivity contribution in [3.8, 4) is 0 Å². The fourth-order valence-corrected chi connectivity index (χ4v) is 7.99. The van der Waals surface area contributed by atoms with Crippen LogP contribution in [0.5, 0.6) is 0 Å². The van der Waals surface area contributed by atoms with Gasteiger partial charge in [-0.05, 0) is 104 Å². The number of anilines is 6. The first-order chi connectivity index (χ1) is 27.1. The van der Waals surface area contributed by atoms with E-state index in [1.807, 2.05) is 0 Å². The van der Waals surface area contributed by atoms with Crippen LogP contribution in [0, 0.1) is 0 Å². The van der Waals surface area contributed by atoms with Gasteiger partial charge in [-0.1, -0.05) is 152 Å². The summed E-state index contributed by atoms with van der Waals surface area (Å²) in [7, 11) is 0. The van der Waals surface area contributed by atoms with Crippen molar-refractivity contribution in [3.63, 3.8) is 0 Å². The fourth-order valence-electron chi connectivity index (χ4n) is 7.99. The van der Waals surface area contributed by atoms with Crippen LogP contribution in [0.15, 0.2) is 133 Å². The Morgan fingerprint density at radius 1 is 0.357 bits per heavy atom. The Kier molecular flexibility index (Phi) is 11.7. The molecule has 7 aromatic rings. The second kappa shape index (κ2) is 17.0. The van der Waals surface area contributed by atoms with Crippen LogP contribution in [-0.2, 0) is 13.1 Å². The summed E-state index contributed by atoms with van der Waals surface area (Å²) in [5.41, 5.74) is 14.8. The zero-order valence-corrected chi connectivity index (χ0v) is 34.4. The highest BCUT2D eigenvalue weighted by atomic mass is 14.9. The molecule has 56 heavy (non-hydrogen) atoms.